The minimum absolute atomic E-state index is 0.308. The van der Waals surface area contributed by atoms with E-state index in [2.05, 4.69) is 10.6 Å². The molecule has 2 aromatic rings. The van der Waals surface area contributed by atoms with Crippen molar-refractivity contribution in [2.45, 2.75) is 13.5 Å². The smallest absolute Gasteiger partial charge is 0.319 e. The van der Waals surface area contributed by atoms with E-state index in [-0.39, 0.29) is 6.03 Å². The monoisotopic (exact) mass is 330 g/mol. The second-order valence-electron chi connectivity index (χ2n) is 4.93. The molecule has 0 heterocycles. The third-order valence-corrected chi connectivity index (χ3v) is 3.34. The van der Waals surface area contributed by atoms with Gasteiger partial charge in [0.25, 0.3) is 0 Å². The lowest BCUT2D eigenvalue weighted by Crippen LogP contribution is -2.28. The lowest BCUT2D eigenvalue weighted by molar-refractivity contribution is 0.251. The molecule has 0 atom stereocenters. The lowest BCUT2D eigenvalue weighted by atomic mass is 10.2. The maximum atomic E-state index is 12.1. The van der Waals surface area contributed by atoms with Crippen molar-refractivity contribution in [3.8, 4) is 17.2 Å². The minimum Gasteiger partial charge on any atom is -0.493 e. The van der Waals surface area contributed by atoms with Gasteiger partial charge in [0.05, 0.1) is 26.5 Å². The molecule has 0 unspecified atom stereocenters. The van der Waals surface area contributed by atoms with E-state index < -0.39 is 0 Å². The highest BCUT2D eigenvalue weighted by atomic mass is 16.5. The predicted octanol–water partition coefficient (Wildman–Crippen LogP) is 3.42. The summed E-state index contributed by atoms with van der Waals surface area (Å²) in [5.41, 5.74) is 1.53. The Kier molecular flexibility index (Phi) is 6.31. The lowest BCUT2D eigenvalue weighted by Gasteiger charge is -2.13. The molecule has 0 aliphatic rings. The molecule has 0 saturated carbocycles. The second-order valence-corrected chi connectivity index (χ2v) is 4.93. The van der Waals surface area contributed by atoms with Crippen LogP contribution in [0.1, 0.15) is 12.5 Å². The van der Waals surface area contributed by atoms with E-state index in [4.69, 9.17) is 14.2 Å². The molecule has 0 fully saturated rings. The molecule has 6 heteroatoms. The molecule has 0 spiro atoms. The summed E-state index contributed by atoms with van der Waals surface area (Å²) in [6.07, 6.45) is 0. The molecule has 2 aromatic carbocycles. The molecule has 0 aliphatic carbocycles. The van der Waals surface area contributed by atoms with Crippen molar-refractivity contribution in [1.82, 2.24) is 5.32 Å². The van der Waals surface area contributed by atoms with E-state index in [9.17, 15) is 4.79 Å². The van der Waals surface area contributed by atoms with Crippen LogP contribution in [0.15, 0.2) is 42.5 Å². The number of nitrogens with one attached hydrogen (secondary N) is 2. The van der Waals surface area contributed by atoms with Crippen LogP contribution in [0.2, 0.25) is 0 Å². The second kappa shape index (κ2) is 8.67. The Morgan fingerprint density at radius 3 is 2.46 bits per heavy atom. The van der Waals surface area contributed by atoms with Gasteiger partial charge in [-0.1, -0.05) is 18.2 Å². The number of anilines is 1. The van der Waals surface area contributed by atoms with Gasteiger partial charge in [-0.3, -0.25) is 0 Å². The molecule has 6 nitrogen and oxygen atoms in total. The summed E-state index contributed by atoms with van der Waals surface area (Å²) in [7, 11) is 3.16. The molecule has 0 aromatic heterocycles. The first-order chi connectivity index (χ1) is 11.7. The Labute approximate surface area is 141 Å². The van der Waals surface area contributed by atoms with Crippen molar-refractivity contribution in [1.29, 1.82) is 0 Å². The summed E-state index contributed by atoms with van der Waals surface area (Å²) >= 11 is 0. The molecule has 0 radical (unpaired) electrons. The van der Waals surface area contributed by atoms with Crippen LogP contribution in [0.4, 0.5) is 10.5 Å². The fourth-order valence-electron chi connectivity index (χ4n) is 2.19. The zero-order valence-corrected chi connectivity index (χ0v) is 14.1. The zero-order valence-electron chi connectivity index (χ0n) is 14.1. The van der Waals surface area contributed by atoms with E-state index in [1.807, 2.05) is 37.3 Å². The number of carbonyl (C=O) groups is 1. The molecule has 0 aliphatic heterocycles. The fraction of sp³-hybridized carbons (Fsp3) is 0.278. The summed E-state index contributed by atoms with van der Waals surface area (Å²) < 4.78 is 15.9. The van der Waals surface area contributed by atoms with Crippen LogP contribution >= 0.6 is 0 Å². The molecule has 2 rings (SSSR count). The summed E-state index contributed by atoms with van der Waals surface area (Å²) in [4.78, 5) is 12.1. The van der Waals surface area contributed by atoms with E-state index in [0.29, 0.717) is 36.1 Å². The van der Waals surface area contributed by atoms with Crippen molar-refractivity contribution in [3.05, 3.63) is 48.0 Å². The first-order valence-corrected chi connectivity index (χ1v) is 7.65. The molecule has 0 bridgehead atoms. The van der Waals surface area contributed by atoms with Gasteiger partial charge in [0.15, 0.2) is 11.5 Å². The summed E-state index contributed by atoms with van der Waals surface area (Å²) in [6.45, 7) is 2.79. The van der Waals surface area contributed by atoms with Gasteiger partial charge in [0.1, 0.15) is 5.75 Å². The Morgan fingerprint density at radius 1 is 1.00 bits per heavy atom. The van der Waals surface area contributed by atoms with Crippen molar-refractivity contribution >= 4 is 11.7 Å². The number of carbonyl (C=O) groups excluding carboxylic acids is 1. The number of para-hydroxylation sites is 2. The summed E-state index contributed by atoms with van der Waals surface area (Å²) in [5, 5.41) is 5.59. The molecular formula is C18H22N2O4. The highest BCUT2D eigenvalue weighted by Gasteiger charge is 2.08. The van der Waals surface area contributed by atoms with Crippen LogP contribution in [0.3, 0.4) is 0 Å². The van der Waals surface area contributed by atoms with E-state index in [0.717, 1.165) is 5.56 Å². The SMILES string of the molecule is CCOc1ccccc1NC(=O)NCc1ccc(OC)c(OC)c1. The first-order valence-electron chi connectivity index (χ1n) is 7.65. The Morgan fingerprint density at radius 2 is 1.75 bits per heavy atom. The van der Waals surface area contributed by atoms with Gasteiger partial charge in [0, 0.05) is 6.54 Å². The molecule has 2 N–H and O–H groups in total. The minimum atomic E-state index is -0.308. The molecular weight excluding hydrogens is 308 g/mol. The van der Waals surface area contributed by atoms with E-state index in [1.165, 1.54) is 0 Å². The molecule has 128 valence electrons. The van der Waals surface area contributed by atoms with Crippen LogP contribution in [-0.2, 0) is 6.54 Å². The van der Waals surface area contributed by atoms with Gasteiger partial charge in [-0.2, -0.15) is 0 Å². The van der Waals surface area contributed by atoms with E-state index >= 15 is 0 Å². The summed E-state index contributed by atoms with van der Waals surface area (Å²) in [5.74, 6) is 1.91. The number of ether oxygens (including phenoxy) is 3. The summed E-state index contributed by atoms with van der Waals surface area (Å²) in [6, 6.07) is 12.5. The number of methoxy groups -OCH3 is 2. The number of urea groups is 1. The zero-order chi connectivity index (χ0) is 17.4. The third-order valence-electron chi connectivity index (χ3n) is 3.34. The van der Waals surface area contributed by atoms with Gasteiger partial charge in [-0.15, -0.1) is 0 Å². The predicted molar refractivity (Wildman–Crippen MR) is 93.0 cm³/mol. The van der Waals surface area contributed by atoms with Crippen molar-refractivity contribution in [2.75, 3.05) is 26.1 Å². The topological polar surface area (TPSA) is 68.8 Å². The van der Waals surface area contributed by atoms with Gasteiger partial charge in [-0.05, 0) is 36.8 Å². The number of rotatable bonds is 7. The van der Waals surface area contributed by atoms with Crippen molar-refractivity contribution < 1.29 is 19.0 Å². The molecule has 2 amide bonds. The Bertz CT molecular complexity index is 688. The van der Waals surface area contributed by atoms with Gasteiger partial charge in [0.2, 0.25) is 0 Å². The fourth-order valence-corrected chi connectivity index (χ4v) is 2.19. The standard InChI is InChI=1S/C18H22N2O4/c1-4-24-15-8-6-5-7-14(15)20-18(21)19-12-13-9-10-16(22-2)17(11-13)23-3/h5-11H,4,12H2,1-3H3,(H2,19,20,21). The van der Waals surface area contributed by atoms with Crippen LogP contribution < -0.4 is 24.8 Å². The average molecular weight is 330 g/mol. The first kappa shape index (κ1) is 17.5. The van der Waals surface area contributed by atoms with Crippen LogP contribution in [0.25, 0.3) is 0 Å². The van der Waals surface area contributed by atoms with Crippen LogP contribution in [0, 0.1) is 0 Å². The maximum Gasteiger partial charge on any atom is 0.319 e. The number of hydrogen-bond acceptors (Lipinski definition) is 4. The maximum absolute atomic E-state index is 12.1. The van der Waals surface area contributed by atoms with Gasteiger partial charge < -0.3 is 24.8 Å². The van der Waals surface area contributed by atoms with Crippen molar-refractivity contribution in [3.63, 3.8) is 0 Å². The number of benzene rings is 2. The Hall–Kier alpha value is -2.89. The highest BCUT2D eigenvalue weighted by molar-refractivity contribution is 5.90. The van der Waals surface area contributed by atoms with Crippen LogP contribution in [-0.4, -0.2) is 26.9 Å². The molecule has 24 heavy (non-hydrogen) atoms. The molecule has 0 saturated heterocycles. The third kappa shape index (κ3) is 4.55. The van der Waals surface area contributed by atoms with Crippen molar-refractivity contribution in [2.24, 2.45) is 0 Å². The quantitative estimate of drug-likeness (QED) is 0.816. The van der Waals surface area contributed by atoms with Gasteiger partial charge >= 0.3 is 6.03 Å². The number of hydrogen-bond donors (Lipinski definition) is 2. The number of amides is 2. The highest BCUT2D eigenvalue weighted by Crippen LogP contribution is 2.27. The van der Waals surface area contributed by atoms with E-state index in [1.54, 1.807) is 26.4 Å². The van der Waals surface area contributed by atoms with Gasteiger partial charge in [-0.25, -0.2) is 4.79 Å². The normalized spacial score (nSPS) is 9.96. The largest absolute Gasteiger partial charge is 0.493 e. The van der Waals surface area contributed by atoms with Crippen LogP contribution in [0.5, 0.6) is 17.2 Å². The average Bonchev–Trinajstić information content (AvgIpc) is 2.61. The Balaban J connectivity index is 1.96.